The minimum absolute atomic E-state index is 0.678. The molecule has 1 rings (SSSR count). The summed E-state index contributed by atoms with van der Waals surface area (Å²) in [5.74, 6) is 1.63. The van der Waals surface area contributed by atoms with Gasteiger partial charge < -0.3 is 10.1 Å². The predicted molar refractivity (Wildman–Crippen MR) is 96.9 cm³/mol. The normalized spacial score (nSPS) is 12.3. The predicted octanol–water partition coefficient (Wildman–Crippen LogP) is 5.53. The van der Waals surface area contributed by atoms with Crippen molar-refractivity contribution >= 4 is 0 Å². The zero-order valence-electron chi connectivity index (χ0n) is 14.9. The third-order valence-corrected chi connectivity index (χ3v) is 4.44. The number of hydrogen-bond acceptors (Lipinski definition) is 2. The summed E-state index contributed by atoms with van der Waals surface area (Å²) in [7, 11) is 1.72. The lowest BCUT2D eigenvalue weighted by molar-refractivity contribution is 0.414. The molecule has 0 aliphatic rings. The number of rotatable bonds is 13. The van der Waals surface area contributed by atoms with Crippen LogP contribution < -0.4 is 10.1 Å². The quantitative estimate of drug-likeness (QED) is 0.484. The molecular weight excluding hydrogens is 270 g/mol. The largest absolute Gasteiger partial charge is 0.497 e. The van der Waals surface area contributed by atoms with Gasteiger partial charge in [-0.1, -0.05) is 51.7 Å². The Morgan fingerprint density at radius 3 is 2.23 bits per heavy atom. The molecule has 0 aliphatic heterocycles. The third kappa shape index (κ3) is 7.84. The van der Waals surface area contributed by atoms with E-state index in [4.69, 9.17) is 4.74 Å². The molecule has 0 heterocycles. The van der Waals surface area contributed by atoms with E-state index < -0.39 is 0 Å². The van der Waals surface area contributed by atoms with Gasteiger partial charge in [0.1, 0.15) is 5.75 Å². The van der Waals surface area contributed by atoms with Gasteiger partial charge in [0.15, 0.2) is 0 Å². The van der Waals surface area contributed by atoms with E-state index >= 15 is 0 Å². The minimum Gasteiger partial charge on any atom is -0.497 e. The highest BCUT2D eigenvalue weighted by atomic mass is 16.5. The van der Waals surface area contributed by atoms with Crippen molar-refractivity contribution in [2.75, 3.05) is 20.2 Å². The summed E-state index contributed by atoms with van der Waals surface area (Å²) >= 11 is 0. The van der Waals surface area contributed by atoms with Gasteiger partial charge in [0.25, 0.3) is 0 Å². The van der Waals surface area contributed by atoms with Crippen molar-refractivity contribution in [3.05, 3.63) is 29.8 Å². The Morgan fingerprint density at radius 1 is 0.909 bits per heavy atom. The summed E-state index contributed by atoms with van der Waals surface area (Å²) in [5, 5.41) is 3.59. The molecule has 126 valence electrons. The Hall–Kier alpha value is -1.02. The summed E-state index contributed by atoms with van der Waals surface area (Å²) in [6.07, 6.45) is 10.6. The average molecular weight is 306 g/mol. The summed E-state index contributed by atoms with van der Waals surface area (Å²) < 4.78 is 5.23. The number of methoxy groups -OCH3 is 1. The van der Waals surface area contributed by atoms with Crippen LogP contribution in [0.3, 0.4) is 0 Å². The fraction of sp³-hybridized carbons (Fsp3) is 0.700. The molecule has 1 aromatic rings. The fourth-order valence-electron chi connectivity index (χ4n) is 2.93. The molecule has 1 atom stereocenters. The SMILES string of the molecule is CCCCCCCNCCCC(CC)c1ccc(OC)cc1. The van der Waals surface area contributed by atoms with Gasteiger partial charge in [-0.15, -0.1) is 0 Å². The first-order valence-corrected chi connectivity index (χ1v) is 9.16. The number of nitrogens with one attached hydrogen (secondary N) is 1. The van der Waals surface area contributed by atoms with Crippen molar-refractivity contribution in [1.29, 1.82) is 0 Å². The van der Waals surface area contributed by atoms with E-state index in [-0.39, 0.29) is 0 Å². The topological polar surface area (TPSA) is 21.3 Å². The first kappa shape index (κ1) is 19.0. The lowest BCUT2D eigenvalue weighted by Crippen LogP contribution is -2.17. The highest BCUT2D eigenvalue weighted by Gasteiger charge is 2.08. The number of hydrogen-bond donors (Lipinski definition) is 1. The Bertz CT molecular complexity index is 360. The van der Waals surface area contributed by atoms with Gasteiger partial charge in [-0.2, -0.15) is 0 Å². The highest BCUT2D eigenvalue weighted by molar-refractivity contribution is 5.29. The van der Waals surface area contributed by atoms with Crippen LogP contribution in [0.4, 0.5) is 0 Å². The average Bonchev–Trinajstić information content (AvgIpc) is 2.57. The van der Waals surface area contributed by atoms with Gasteiger partial charge in [-0.3, -0.25) is 0 Å². The molecule has 0 radical (unpaired) electrons. The van der Waals surface area contributed by atoms with Crippen LogP contribution in [0.15, 0.2) is 24.3 Å². The van der Waals surface area contributed by atoms with Crippen molar-refractivity contribution in [3.63, 3.8) is 0 Å². The Balaban J connectivity index is 2.13. The van der Waals surface area contributed by atoms with Crippen molar-refractivity contribution < 1.29 is 4.74 Å². The van der Waals surface area contributed by atoms with Crippen LogP contribution in [0.5, 0.6) is 5.75 Å². The van der Waals surface area contributed by atoms with Gasteiger partial charge >= 0.3 is 0 Å². The maximum absolute atomic E-state index is 5.23. The van der Waals surface area contributed by atoms with E-state index in [1.165, 1.54) is 63.5 Å². The molecule has 2 heteroatoms. The van der Waals surface area contributed by atoms with E-state index in [1.54, 1.807) is 7.11 Å². The van der Waals surface area contributed by atoms with E-state index in [9.17, 15) is 0 Å². The van der Waals surface area contributed by atoms with Gasteiger partial charge in [-0.25, -0.2) is 0 Å². The fourth-order valence-corrected chi connectivity index (χ4v) is 2.93. The molecule has 1 N–H and O–H groups in total. The standard InChI is InChI=1S/C20H35NO/c1-4-6-7-8-9-16-21-17-10-11-18(5-2)19-12-14-20(22-3)15-13-19/h12-15,18,21H,4-11,16-17H2,1-3H3. The summed E-state index contributed by atoms with van der Waals surface area (Å²) in [5.41, 5.74) is 1.45. The number of ether oxygens (including phenoxy) is 1. The van der Waals surface area contributed by atoms with Gasteiger partial charge in [-0.05, 0) is 62.4 Å². The van der Waals surface area contributed by atoms with Gasteiger partial charge in [0.2, 0.25) is 0 Å². The van der Waals surface area contributed by atoms with Gasteiger partial charge in [0.05, 0.1) is 7.11 Å². The Kier molecular flexibility index (Phi) is 10.8. The maximum Gasteiger partial charge on any atom is 0.118 e. The molecule has 0 saturated heterocycles. The second-order valence-corrected chi connectivity index (χ2v) is 6.18. The summed E-state index contributed by atoms with van der Waals surface area (Å²) in [4.78, 5) is 0. The molecule has 0 aromatic heterocycles. The zero-order chi connectivity index (χ0) is 16.0. The van der Waals surface area contributed by atoms with Crippen LogP contribution in [0.25, 0.3) is 0 Å². The van der Waals surface area contributed by atoms with Crippen LogP contribution in [0.2, 0.25) is 0 Å². The van der Waals surface area contributed by atoms with E-state index in [0.717, 1.165) is 12.3 Å². The molecule has 0 fully saturated rings. The van der Waals surface area contributed by atoms with Crippen LogP contribution in [-0.4, -0.2) is 20.2 Å². The lowest BCUT2D eigenvalue weighted by Gasteiger charge is -2.16. The molecular formula is C20H35NO. The molecule has 0 saturated carbocycles. The Morgan fingerprint density at radius 2 is 1.59 bits per heavy atom. The van der Waals surface area contributed by atoms with E-state index in [2.05, 4.69) is 43.4 Å². The molecule has 0 bridgehead atoms. The van der Waals surface area contributed by atoms with Crippen LogP contribution in [0.1, 0.15) is 76.7 Å². The highest BCUT2D eigenvalue weighted by Crippen LogP contribution is 2.26. The molecule has 22 heavy (non-hydrogen) atoms. The molecule has 0 aliphatic carbocycles. The smallest absolute Gasteiger partial charge is 0.118 e. The second kappa shape index (κ2) is 12.5. The molecule has 0 amide bonds. The zero-order valence-corrected chi connectivity index (χ0v) is 14.9. The number of benzene rings is 1. The molecule has 1 aromatic carbocycles. The summed E-state index contributed by atoms with van der Waals surface area (Å²) in [6.45, 7) is 6.89. The van der Waals surface area contributed by atoms with Crippen molar-refractivity contribution in [1.82, 2.24) is 5.32 Å². The Labute approximate surface area is 137 Å². The lowest BCUT2D eigenvalue weighted by atomic mass is 9.92. The van der Waals surface area contributed by atoms with Crippen LogP contribution >= 0.6 is 0 Å². The third-order valence-electron chi connectivity index (χ3n) is 4.44. The minimum atomic E-state index is 0.678. The summed E-state index contributed by atoms with van der Waals surface area (Å²) in [6, 6.07) is 8.58. The molecule has 1 unspecified atom stereocenters. The van der Waals surface area contributed by atoms with E-state index in [1.807, 2.05) is 0 Å². The molecule has 0 spiro atoms. The van der Waals surface area contributed by atoms with Crippen molar-refractivity contribution in [3.8, 4) is 5.75 Å². The maximum atomic E-state index is 5.23. The monoisotopic (exact) mass is 305 g/mol. The number of unbranched alkanes of at least 4 members (excludes halogenated alkanes) is 4. The van der Waals surface area contributed by atoms with Crippen molar-refractivity contribution in [2.45, 2.75) is 71.1 Å². The van der Waals surface area contributed by atoms with Crippen molar-refractivity contribution in [2.24, 2.45) is 0 Å². The van der Waals surface area contributed by atoms with Crippen LogP contribution in [-0.2, 0) is 0 Å². The van der Waals surface area contributed by atoms with Gasteiger partial charge in [0, 0.05) is 0 Å². The molecule has 2 nitrogen and oxygen atoms in total. The first-order chi connectivity index (χ1) is 10.8. The first-order valence-electron chi connectivity index (χ1n) is 9.16. The van der Waals surface area contributed by atoms with Crippen LogP contribution in [0, 0.1) is 0 Å². The van der Waals surface area contributed by atoms with E-state index in [0.29, 0.717) is 5.92 Å². The second-order valence-electron chi connectivity index (χ2n) is 6.18.